The summed E-state index contributed by atoms with van der Waals surface area (Å²) in [5.41, 5.74) is 7.35. The van der Waals surface area contributed by atoms with Crippen LogP contribution in [0, 0.1) is 5.92 Å². The normalized spacial score (nSPS) is 17.7. The van der Waals surface area contributed by atoms with Crippen LogP contribution in [0.5, 0.6) is 11.5 Å². The van der Waals surface area contributed by atoms with Gasteiger partial charge in [-0.3, -0.25) is 0 Å². The molecule has 88 valence electrons. The Balaban J connectivity index is 2.24. The number of ether oxygens (including phenoxy) is 2. The second kappa shape index (κ2) is 4.74. The molecule has 0 radical (unpaired) electrons. The molecule has 3 heteroatoms. The molecule has 2 rings (SSSR count). The van der Waals surface area contributed by atoms with Crippen LogP contribution in [0.1, 0.15) is 30.9 Å². The van der Waals surface area contributed by atoms with Crippen LogP contribution in [-0.4, -0.2) is 14.2 Å². The van der Waals surface area contributed by atoms with Gasteiger partial charge in [0.1, 0.15) is 11.5 Å². The minimum absolute atomic E-state index is 0.109. The Labute approximate surface area is 96.5 Å². The molecule has 16 heavy (non-hydrogen) atoms. The quantitative estimate of drug-likeness (QED) is 0.849. The molecule has 1 aliphatic rings. The predicted octanol–water partition coefficient (Wildman–Crippen LogP) is 2.50. The van der Waals surface area contributed by atoms with Crippen molar-refractivity contribution in [1.29, 1.82) is 0 Å². The lowest BCUT2D eigenvalue weighted by Gasteiger charge is -2.31. The van der Waals surface area contributed by atoms with Gasteiger partial charge in [0.25, 0.3) is 0 Å². The zero-order valence-electron chi connectivity index (χ0n) is 9.90. The van der Waals surface area contributed by atoms with Crippen LogP contribution in [0.25, 0.3) is 0 Å². The van der Waals surface area contributed by atoms with E-state index in [9.17, 15) is 0 Å². The van der Waals surface area contributed by atoms with Gasteiger partial charge in [0, 0.05) is 12.1 Å². The number of rotatable bonds is 4. The molecule has 1 aromatic carbocycles. The summed E-state index contributed by atoms with van der Waals surface area (Å²) in [5, 5.41) is 0. The highest BCUT2D eigenvalue weighted by Gasteiger charge is 2.26. The first-order valence-electron chi connectivity index (χ1n) is 5.73. The lowest BCUT2D eigenvalue weighted by Crippen LogP contribution is -2.26. The molecule has 1 fully saturated rings. The summed E-state index contributed by atoms with van der Waals surface area (Å²) in [4.78, 5) is 0. The minimum atomic E-state index is 0.109. The van der Waals surface area contributed by atoms with Crippen molar-refractivity contribution in [3.05, 3.63) is 23.8 Å². The van der Waals surface area contributed by atoms with Crippen LogP contribution < -0.4 is 15.2 Å². The summed E-state index contributed by atoms with van der Waals surface area (Å²) < 4.78 is 10.5. The van der Waals surface area contributed by atoms with Gasteiger partial charge >= 0.3 is 0 Å². The molecule has 0 heterocycles. The third-order valence-electron chi connectivity index (χ3n) is 3.42. The van der Waals surface area contributed by atoms with Crippen molar-refractivity contribution >= 4 is 0 Å². The van der Waals surface area contributed by atoms with E-state index in [2.05, 4.69) is 0 Å². The van der Waals surface area contributed by atoms with E-state index in [4.69, 9.17) is 15.2 Å². The van der Waals surface area contributed by atoms with E-state index >= 15 is 0 Å². The molecule has 3 nitrogen and oxygen atoms in total. The van der Waals surface area contributed by atoms with E-state index in [1.807, 2.05) is 18.2 Å². The number of benzene rings is 1. The first-order valence-corrected chi connectivity index (χ1v) is 5.73. The second-order valence-corrected chi connectivity index (χ2v) is 4.36. The summed E-state index contributed by atoms with van der Waals surface area (Å²) >= 11 is 0. The Kier molecular flexibility index (Phi) is 3.34. The largest absolute Gasteiger partial charge is 0.497 e. The molecule has 1 aliphatic carbocycles. The molecule has 2 N–H and O–H groups in total. The van der Waals surface area contributed by atoms with E-state index in [0.717, 1.165) is 17.1 Å². The first kappa shape index (κ1) is 11.3. The molecule has 1 saturated carbocycles. The Morgan fingerprint density at radius 3 is 2.06 bits per heavy atom. The Morgan fingerprint density at radius 1 is 1.12 bits per heavy atom. The fourth-order valence-corrected chi connectivity index (χ4v) is 2.09. The monoisotopic (exact) mass is 221 g/mol. The van der Waals surface area contributed by atoms with E-state index in [0.29, 0.717) is 5.92 Å². The van der Waals surface area contributed by atoms with Gasteiger partial charge in [-0.1, -0.05) is 6.42 Å². The summed E-state index contributed by atoms with van der Waals surface area (Å²) in [6.07, 6.45) is 3.78. The van der Waals surface area contributed by atoms with Crippen molar-refractivity contribution in [2.45, 2.75) is 25.3 Å². The highest BCUT2D eigenvalue weighted by molar-refractivity contribution is 5.40. The van der Waals surface area contributed by atoms with Gasteiger partial charge in [-0.15, -0.1) is 0 Å². The average Bonchev–Trinajstić information content (AvgIpc) is 2.26. The number of hydrogen-bond donors (Lipinski definition) is 1. The Morgan fingerprint density at radius 2 is 1.69 bits per heavy atom. The van der Waals surface area contributed by atoms with Gasteiger partial charge in [0.05, 0.1) is 14.2 Å². The fraction of sp³-hybridized carbons (Fsp3) is 0.538. The number of hydrogen-bond acceptors (Lipinski definition) is 3. The van der Waals surface area contributed by atoms with Gasteiger partial charge in [0.2, 0.25) is 0 Å². The first-order chi connectivity index (χ1) is 7.74. The van der Waals surface area contributed by atoms with Crippen LogP contribution in [0.2, 0.25) is 0 Å². The van der Waals surface area contributed by atoms with Gasteiger partial charge in [0.15, 0.2) is 0 Å². The van der Waals surface area contributed by atoms with E-state index in [1.54, 1.807) is 14.2 Å². The maximum absolute atomic E-state index is 6.24. The Bertz CT molecular complexity index is 339. The minimum Gasteiger partial charge on any atom is -0.497 e. The van der Waals surface area contributed by atoms with Crippen molar-refractivity contribution in [2.24, 2.45) is 11.7 Å². The number of nitrogens with two attached hydrogens (primary N) is 1. The highest BCUT2D eigenvalue weighted by Crippen LogP contribution is 2.38. The summed E-state index contributed by atoms with van der Waals surface area (Å²) in [6.45, 7) is 0. The zero-order valence-corrected chi connectivity index (χ0v) is 9.90. The molecule has 0 amide bonds. The summed E-state index contributed by atoms with van der Waals surface area (Å²) in [5.74, 6) is 2.24. The van der Waals surface area contributed by atoms with E-state index < -0.39 is 0 Å². The third-order valence-corrected chi connectivity index (χ3v) is 3.42. The van der Waals surface area contributed by atoms with Crippen LogP contribution in [0.15, 0.2) is 18.2 Å². The molecular formula is C13H19NO2. The van der Waals surface area contributed by atoms with Crippen molar-refractivity contribution in [3.8, 4) is 11.5 Å². The molecule has 0 unspecified atom stereocenters. The van der Waals surface area contributed by atoms with Gasteiger partial charge in [-0.2, -0.15) is 0 Å². The van der Waals surface area contributed by atoms with Gasteiger partial charge < -0.3 is 15.2 Å². The topological polar surface area (TPSA) is 44.5 Å². The Hall–Kier alpha value is -1.22. The number of methoxy groups -OCH3 is 2. The maximum atomic E-state index is 6.24. The molecule has 0 aliphatic heterocycles. The van der Waals surface area contributed by atoms with E-state index in [1.165, 1.54) is 19.3 Å². The molecule has 1 atom stereocenters. The lowest BCUT2D eigenvalue weighted by molar-refractivity contribution is 0.263. The smallest absolute Gasteiger partial charge is 0.122 e. The van der Waals surface area contributed by atoms with Crippen LogP contribution in [0.3, 0.4) is 0 Å². The highest BCUT2D eigenvalue weighted by atomic mass is 16.5. The lowest BCUT2D eigenvalue weighted by atomic mass is 9.77. The molecule has 0 spiro atoms. The summed E-state index contributed by atoms with van der Waals surface area (Å²) in [6, 6.07) is 5.99. The SMILES string of the molecule is COc1cc(OC)cc([C@@H](N)C2CCC2)c1. The van der Waals surface area contributed by atoms with Gasteiger partial charge in [-0.05, 0) is 36.5 Å². The molecule has 0 aromatic heterocycles. The molecule has 1 aromatic rings. The maximum Gasteiger partial charge on any atom is 0.122 e. The molecule has 0 saturated heterocycles. The third kappa shape index (κ3) is 2.14. The van der Waals surface area contributed by atoms with Crippen LogP contribution in [-0.2, 0) is 0 Å². The fourth-order valence-electron chi connectivity index (χ4n) is 2.09. The summed E-state index contributed by atoms with van der Waals surface area (Å²) in [7, 11) is 3.32. The zero-order chi connectivity index (χ0) is 11.5. The van der Waals surface area contributed by atoms with Crippen molar-refractivity contribution in [3.63, 3.8) is 0 Å². The molecule has 0 bridgehead atoms. The second-order valence-electron chi connectivity index (χ2n) is 4.36. The standard InChI is InChI=1S/C13H19NO2/c1-15-11-6-10(7-12(8-11)16-2)13(14)9-4-3-5-9/h6-9,13H,3-5,14H2,1-2H3/t13-/m0/s1. The van der Waals surface area contributed by atoms with Crippen molar-refractivity contribution in [1.82, 2.24) is 0 Å². The predicted molar refractivity (Wildman–Crippen MR) is 63.8 cm³/mol. The average molecular weight is 221 g/mol. The van der Waals surface area contributed by atoms with Crippen LogP contribution in [0.4, 0.5) is 0 Å². The van der Waals surface area contributed by atoms with Crippen LogP contribution >= 0.6 is 0 Å². The van der Waals surface area contributed by atoms with Crippen molar-refractivity contribution < 1.29 is 9.47 Å². The molecular weight excluding hydrogens is 202 g/mol. The van der Waals surface area contributed by atoms with Gasteiger partial charge in [-0.25, -0.2) is 0 Å². The van der Waals surface area contributed by atoms with E-state index in [-0.39, 0.29) is 6.04 Å². The van der Waals surface area contributed by atoms with Crippen molar-refractivity contribution in [2.75, 3.05) is 14.2 Å².